The molecule has 0 aliphatic heterocycles. The molecule has 0 atom stereocenters. The van der Waals surface area contributed by atoms with Crippen LogP contribution in [0.3, 0.4) is 0 Å². The molecule has 6 nitrogen and oxygen atoms in total. The van der Waals surface area contributed by atoms with Gasteiger partial charge in [-0.05, 0) is 29.9 Å². The highest BCUT2D eigenvalue weighted by molar-refractivity contribution is 7.80. The fraction of sp³-hybridized carbons (Fsp3) is 0.0526. The van der Waals surface area contributed by atoms with Crippen molar-refractivity contribution in [2.45, 2.75) is 6.92 Å². The molecule has 0 amide bonds. The molecule has 3 aromatic rings. The molecule has 130 valence electrons. The third-order valence-electron chi connectivity index (χ3n) is 4.00. The van der Waals surface area contributed by atoms with E-state index < -0.39 is 17.8 Å². The zero-order valence-electron chi connectivity index (χ0n) is 13.9. The molecule has 0 aliphatic carbocycles. The molecule has 0 aromatic heterocycles. The molecule has 0 heterocycles. The SMILES string of the molecule is Cc1ccccc1P(c1ccccc1[N+](=O)[O-])c1ccccc1[N+](=O)[O-]. The Kier molecular flexibility index (Phi) is 5.05. The third-order valence-corrected chi connectivity index (χ3v) is 6.70. The molecule has 0 aliphatic rings. The summed E-state index contributed by atoms with van der Waals surface area (Å²) in [6, 6.07) is 20.4. The number of nitro groups is 2. The lowest BCUT2D eigenvalue weighted by molar-refractivity contribution is -0.383. The third kappa shape index (κ3) is 3.32. The summed E-state index contributed by atoms with van der Waals surface area (Å²) in [4.78, 5) is 22.3. The van der Waals surface area contributed by atoms with Crippen LogP contribution < -0.4 is 15.9 Å². The van der Waals surface area contributed by atoms with Crippen molar-refractivity contribution in [1.82, 2.24) is 0 Å². The van der Waals surface area contributed by atoms with Gasteiger partial charge in [-0.2, -0.15) is 0 Å². The van der Waals surface area contributed by atoms with Crippen molar-refractivity contribution in [2.24, 2.45) is 0 Å². The van der Waals surface area contributed by atoms with E-state index in [9.17, 15) is 20.2 Å². The van der Waals surface area contributed by atoms with Crippen molar-refractivity contribution in [3.63, 3.8) is 0 Å². The average molecular weight is 366 g/mol. The first-order valence-electron chi connectivity index (χ1n) is 7.83. The predicted octanol–water partition coefficient (Wildman–Crippen LogP) is 3.57. The second-order valence-corrected chi connectivity index (χ2v) is 7.73. The van der Waals surface area contributed by atoms with Crippen molar-refractivity contribution in [2.75, 3.05) is 0 Å². The monoisotopic (exact) mass is 366 g/mol. The van der Waals surface area contributed by atoms with Gasteiger partial charge in [-0.3, -0.25) is 20.2 Å². The van der Waals surface area contributed by atoms with Crippen LogP contribution in [-0.2, 0) is 0 Å². The van der Waals surface area contributed by atoms with Gasteiger partial charge >= 0.3 is 0 Å². The van der Waals surface area contributed by atoms with Gasteiger partial charge in [0.1, 0.15) is 0 Å². The smallest absolute Gasteiger partial charge is 0.258 e. The highest BCUT2D eigenvalue weighted by Gasteiger charge is 2.30. The minimum Gasteiger partial charge on any atom is -0.258 e. The van der Waals surface area contributed by atoms with Gasteiger partial charge in [-0.1, -0.05) is 48.5 Å². The zero-order chi connectivity index (χ0) is 18.7. The van der Waals surface area contributed by atoms with Gasteiger partial charge < -0.3 is 0 Å². The molecule has 0 spiro atoms. The Labute approximate surface area is 151 Å². The lowest BCUT2D eigenvalue weighted by atomic mass is 10.2. The summed E-state index contributed by atoms with van der Waals surface area (Å²) in [6.45, 7) is 1.91. The van der Waals surface area contributed by atoms with E-state index in [0.29, 0.717) is 10.6 Å². The Morgan fingerprint density at radius 3 is 1.46 bits per heavy atom. The number of benzene rings is 3. The van der Waals surface area contributed by atoms with Gasteiger partial charge in [0.2, 0.25) is 0 Å². The molecule has 0 fully saturated rings. The summed E-state index contributed by atoms with van der Waals surface area (Å²) >= 11 is 0. The van der Waals surface area contributed by atoms with Crippen molar-refractivity contribution in [3.8, 4) is 0 Å². The van der Waals surface area contributed by atoms with E-state index in [2.05, 4.69) is 0 Å². The molecule has 26 heavy (non-hydrogen) atoms. The Hall–Kier alpha value is -3.11. The number of nitro benzene ring substituents is 2. The van der Waals surface area contributed by atoms with Crippen LogP contribution in [0.15, 0.2) is 72.8 Å². The maximum absolute atomic E-state index is 11.6. The second kappa shape index (κ2) is 7.42. The van der Waals surface area contributed by atoms with Crippen LogP contribution in [0.2, 0.25) is 0 Å². The number of aryl methyl sites for hydroxylation is 1. The van der Waals surface area contributed by atoms with E-state index in [1.807, 2.05) is 31.2 Å². The van der Waals surface area contributed by atoms with Gasteiger partial charge in [0, 0.05) is 20.1 Å². The quantitative estimate of drug-likeness (QED) is 0.392. The lowest BCUT2D eigenvalue weighted by Gasteiger charge is -2.20. The predicted molar refractivity (Wildman–Crippen MR) is 103 cm³/mol. The van der Waals surface area contributed by atoms with Crippen molar-refractivity contribution in [1.29, 1.82) is 0 Å². The number of hydrogen-bond acceptors (Lipinski definition) is 4. The molecular weight excluding hydrogens is 351 g/mol. The minimum atomic E-state index is -1.46. The molecule has 0 N–H and O–H groups in total. The number of hydrogen-bond donors (Lipinski definition) is 0. The Bertz CT molecular complexity index is 933. The lowest BCUT2D eigenvalue weighted by Crippen LogP contribution is -2.25. The first-order chi connectivity index (χ1) is 12.5. The molecule has 3 aromatic carbocycles. The number of rotatable bonds is 5. The molecule has 3 rings (SSSR count). The van der Waals surface area contributed by atoms with Crippen LogP contribution >= 0.6 is 7.92 Å². The normalized spacial score (nSPS) is 10.7. The van der Waals surface area contributed by atoms with Crippen LogP contribution in [-0.4, -0.2) is 9.85 Å². The van der Waals surface area contributed by atoms with E-state index >= 15 is 0 Å². The van der Waals surface area contributed by atoms with Crippen molar-refractivity contribution in [3.05, 3.63) is 98.6 Å². The van der Waals surface area contributed by atoms with E-state index in [4.69, 9.17) is 0 Å². The maximum Gasteiger partial charge on any atom is 0.277 e. The first-order valence-corrected chi connectivity index (χ1v) is 9.17. The second-order valence-electron chi connectivity index (χ2n) is 5.61. The van der Waals surface area contributed by atoms with Gasteiger partial charge in [0.25, 0.3) is 11.4 Å². The molecular formula is C19H15N2O4P. The topological polar surface area (TPSA) is 86.3 Å². The van der Waals surface area contributed by atoms with Crippen molar-refractivity contribution < 1.29 is 9.85 Å². The van der Waals surface area contributed by atoms with E-state index in [1.165, 1.54) is 12.1 Å². The largest absolute Gasteiger partial charge is 0.277 e. The van der Waals surface area contributed by atoms with Crippen LogP contribution in [0, 0.1) is 27.2 Å². The number of para-hydroxylation sites is 2. The average Bonchev–Trinajstić information content (AvgIpc) is 2.64. The van der Waals surface area contributed by atoms with Crippen LogP contribution in [0.4, 0.5) is 11.4 Å². The summed E-state index contributed by atoms with van der Waals surface area (Å²) in [5.74, 6) is 0. The fourth-order valence-electron chi connectivity index (χ4n) is 2.82. The van der Waals surface area contributed by atoms with Crippen molar-refractivity contribution >= 4 is 35.2 Å². The molecule has 0 saturated carbocycles. The minimum absolute atomic E-state index is 0.0278. The van der Waals surface area contributed by atoms with E-state index in [-0.39, 0.29) is 11.4 Å². The molecule has 0 unspecified atom stereocenters. The van der Waals surface area contributed by atoms with Crippen LogP contribution in [0.1, 0.15) is 5.56 Å². The van der Waals surface area contributed by atoms with Crippen LogP contribution in [0.25, 0.3) is 0 Å². The Morgan fingerprint density at radius 2 is 1.04 bits per heavy atom. The summed E-state index contributed by atoms with van der Waals surface area (Å²) in [5.41, 5.74) is 0.884. The highest BCUT2D eigenvalue weighted by atomic mass is 31.1. The summed E-state index contributed by atoms with van der Waals surface area (Å²) in [6.07, 6.45) is 0. The standard InChI is InChI=1S/C19H15N2O4P/c1-14-8-2-5-11-17(14)26(18-12-6-3-9-15(18)20(22)23)19-13-7-4-10-16(19)21(24)25/h2-13H,1H3. The van der Waals surface area contributed by atoms with Gasteiger partial charge in [0.15, 0.2) is 0 Å². The van der Waals surface area contributed by atoms with E-state index in [1.54, 1.807) is 36.4 Å². The van der Waals surface area contributed by atoms with E-state index in [0.717, 1.165) is 10.9 Å². The first kappa shape index (κ1) is 17.7. The Morgan fingerprint density at radius 1 is 0.654 bits per heavy atom. The zero-order valence-corrected chi connectivity index (χ0v) is 14.8. The maximum atomic E-state index is 11.6. The highest BCUT2D eigenvalue weighted by Crippen LogP contribution is 2.39. The number of nitrogens with zero attached hydrogens (tertiary/aromatic N) is 2. The summed E-state index contributed by atoms with van der Waals surface area (Å²) in [5, 5.41) is 25.0. The molecule has 7 heteroatoms. The fourth-order valence-corrected chi connectivity index (χ4v) is 5.50. The molecule has 0 bridgehead atoms. The Balaban J connectivity index is 2.35. The van der Waals surface area contributed by atoms with Gasteiger partial charge in [0.05, 0.1) is 20.5 Å². The molecule has 0 saturated heterocycles. The van der Waals surface area contributed by atoms with Gasteiger partial charge in [-0.15, -0.1) is 0 Å². The van der Waals surface area contributed by atoms with Gasteiger partial charge in [-0.25, -0.2) is 0 Å². The summed E-state index contributed by atoms with van der Waals surface area (Å²) < 4.78 is 0. The van der Waals surface area contributed by atoms with Crippen LogP contribution in [0.5, 0.6) is 0 Å². The molecule has 0 radical (unpaired) electrons. The summed E-state index contributed by atoms with van der Waals surface area (Å²) in [7, 11) is -1.46.